The van der Waals surface area contributed by atoms with Crippen LogP contribution in [0.25, 0.3) is 0 Å². The summed E-state index contributed by atoms with van der Waals surface area (Å²) in [6.07, 6.45) is 4.44. The third-order valence-electron chi connectivity index (χ3n) is 3.26. The molecule has 3 nitrogen and oxygen atoms in total. The lowest BCUT2D eigenvalue weighted by molar-refractivity contribution is -0.0111. The van der Waals surface area contributed by atoms with E-state index in [1.807, 2.05) is 35.4 Å². The molecule has 98 valence electrons. The van der Waals surface area contributed by atoms with Gasteiger partial charge < -0.3 is 9.84 Å². The van der Waals surface area contributed by atoms with Crippen molar-refractivity contribution < 1.29 is 19.2 Å². The van der Waals surface area contributed by atoms with Gasteiger partial charge in [0.05, 0.1) is 12.2 Å². The van der Waals surface area contributed by atoms with Gasteiger partial charge in [-0.25, -0.2) is 4.86 Å². The summed E-state index contributed by atoms with van der Waals surface area (Å²) in [7, 11) is 1.69. The van der Waals surface area contributed by atoms with Gasteiger partial charge in [0.15, 0.2) is 0 Å². The van der Waals surface area contributed by atoms with E-state index in [-0.39, 0.29) is 17.5 Å². The van der Waals surface area contributed by atoms with Gasteiger partial charge in [-0.15, -0.1) is 0 Å². The molecule has 1 unspecified atom stereocenters. The van der Waals surface area contributed by atoms with Gasteiger partial charge in [-0.2, -0.15) is 11.6 Å². The van der Waals surface area contributed by atoms with E-state index in [1.54, 1.807) is 7.11 Å². The van der Waals surface area contributed by atoms with Crippen molar-refractivity contribution in [1.82, 2.24) is 0 Å². The summed E-state index contributed by atoms with van der Waals surface area (Å²) < 4.78 is 17.2. The van der Waals surface area contributed by atoms with Crippen molar-refractivity contribution in [2.24, 2.45) is 0 Å². The second kappa shape index (κ2) is 7.32. The summed E-state index contributed by atoms with van der Waals surface area (Å²) in [5.41, 5.74) is 0.946. The molecule has 0 aromatic carbocycles. The molecule has 0 radical (unpaired) electrons. The Kier molecular flexibility index (Phi) is 6.79. The predicted molar refractivity (Wildman–Crippen MR) is 77.8 cm³/mol. The molecule has 2 atom stereocenters. The lowest BCUT2D eigenvalue weighted by atomic mass is 9.82. The SMILES string of the molecule is COC1(C)CC/C(=C/CO)C[C@H]1SB(I)OF. The number of rotatable bonds is 5. The number of methoxy groups -OCH3 is 1. The average Bonchev–Trinajstić information content (AvgIpc) is 2.33. The maximum absolute atomic E-state index is 12.1. The fraction of sp³-hybridized carbons (Fsp3) is 0.800. The number of halogens is 2. The highest BCUT2D eigenvalue weighted by atomic mass is 127. The van der Waals surface area contributed by atoms with Gasteiger partial charge in [0.25, 0.3) is 0 Å². The highest BCUT2D eigenvalue weighted by Crippen LogP contribution is 2.42. The van der Waals surface area contributed by atoms with E-state index in [0.29, 0.717) is 0 Å². The summed E-state index contributed by atoms with van der Waals surface area (Å²) in [5, 5.41) is 9.06. The smallest absolute Gasteiger partial charge is 0.392 e. The summed E-state index contributed by atoms with van der Waals surface area (Å²) in [6.45, 7) is 2.10. The fourth-order valence-corrected chi connectivity index (χ4v) is 4.19. The summed E-state index contributed by atoms with van der Waals surface area (Å²) >= 11 is 3.33. The van der Waals surface area contributed by atoms with Crippen LogP contribution in [0, 0.1) is 0 Å². The third kappa shape index (κ3) is 4.38. The van der Waals surface area contributed by atoms with Crippen molar-refractivity contribution in [2.75, 3.05) is 13.7 Å². The molecular formula is C10H17BFIO3S. The van der Waals surface area contributed by atoms with Crippen LogP contribution in [0.4, 0.5) is 4.53 Å². The lowest BCUT2D eigenvalue weighted by Gasteiger charge is -2.41. The molecular weight excluding hydrogens is 357 g/mol. The first kappa shape index (κ1) is 15.8. The Labute approximate surface area is 119 Å². The number of aliphatic hydroxyl groups is 1. The van der Waals surface area contributed by atoms with E-state index in [0.717, 1.165) is 19.3 Å². The Hall–Kier alpha value is 0.695. The zero-order valence-corrected chi connectivity index (χ0v) is 13.0. The lowest BCUT2D eigenvalue weighted by Crippen LogP contribution is -2.43. The second-order valence-electron chi connectivity index (χ2n) is 4.25. The molecule has 0 heterocycles. The Morgan fingerprint density at radius 3 is 3.00 bits per heavy atom. The van der Waals surface area contributed by atoms with Gasteiger partial charge in [-0.05, 0) is 26.2 Å². The van der Waals surface area contributed by atoms with Gasteiger partial charge in [-0.3, -0.25) is 0 Å². The van der Waals surface area contributed by atoms with Gasteiger partial charge in [0, 0.05) is 12.4 Å². The van der Waals surface area contributed by atoms with Gasteiger partial charge in [-0.1, -0.05) is 38.5 Å². The number of aliphatic hydroxyl groups excluding tert-OH is 1. The van der Waals surface area contributed by atoms with E-state index in [2.05, 4.69) is 4.86 Å². The van der Waals surface area contributed by atoms with Gasteiger partial charge in [0.1, 0.15) is 0 Å². The predicted octanol–water partition coefficient (Wildman–Crippen LogP) is 2.92. The molecule has 1 rings (SSSR count). The molecule has 0 aromatic rings. The average molecular weight is 374 g/mol. The van der Waals surface area contributed by atoms with Gasteiger partial charge in [0.2, 0.25) is 0 Å². The fourth-order valence-electron chi connectivity index (χ4n) is 2.02. The highest BCUT2D eigenvalue weighted by Gasteiger charge is 2.40. The number of hydrogen-bond acceptors (Lipinski definition) is 4. The summed E-state index contributed by atoms with van der Waals surface area (Å²) in [5.74, 6) is 0. The van der Waals surface area contributed by atoms with Crippen LogP contribution < -0.4 is 0 Å². The number of allylic oxidation sites excluding steroid dienone is 1. The van der Waals surface area contributed by atoms with Crippen LogP contribution in [0.15, 0.2) is 11.6 Å². The van der Waals surface area contributed by atoms with Crippen molar-refractivity contribution in [2.45, 2.75) is 37.0 Å². The summed E-state index contributed by atoms with van der Waals surface area (Å²) in [6, 6.07) is 0. The molecule has 7 heteroatoms. The zero-order valence-electron chi connectivity index (χ0n) is 9.99. The first-order valence-corrected chi connectivity index (χ1v) is 7.65. The van der Waals surface area contributed by atoms with Crippen LogP contribution in [-0.2, 0) is 9.60 Å². The van der Waals surface area contributed by atoms with Crippen molar-refractivity contribution in [1.29, 1.82) is 0 Å². The largest absolute Gasteiger partial charge is 0.479 e. The van der Waals surface area contributed by atoms with Crippen LogP contribution in [0.5, 0.6) is 0 Å². The topological polar surface area (TPSA) is 38.7 Å². The first-order chi connectivity index (χ1) is 8.05. The maximum atomic E-state index is 12.1. The van der Waals surface area contributed by atoms with Crippen molar-refractivity contribution in [3.8, 4) is 0 Å². The Bertz CT molecular complexity index is 282. The molecule has 0 amide bonds. The zero-order chi connectivity index (χ0) is 12.9. The molecule has 0 spiro atoms. The van der Waals surface area contributed by atoms with Gasteiger partial charge >= 0.3 is 4.05 Å². The van der Waals surface area contributed by atoms with E-state index in [9.17, 15) is 4.53 Å². The minimum absolute atomic E-state index is 0.0592. The van der Waals surface area contributed by atoms with Crippen molar-refractivity contribution in [3.63, 3.8) is 0 Å². The number of hydrogen-bond donors (Lipinski definition) is 1. The van der Waals surface area contributed by atoms with Crippen LogP contribution in [0.2, 0.25) is 0 Å². The maximum Gasteiger partial charge on any atom is 0.479 e. The van der Waals surface area contributed by atoms with Crippen molar-refractivity contribution in [3.05, 3.63) is 11.6 Å². The van der Waals surface area contributed by atoms with E-state index in [1.165, 1.54) is 17.2 Å². The van der Waals surface area contributed by atoms with E-state index < -0.39 is 4.05 Å². The quantitative estimate of drug-likeness (QED) is 0.457. The van der Waals surface area contributed by atoms with E-state index in [4.69, 9.17) is 9.84 Å². The Morgan fingerprint density at radius 1 is 1.76 bits per heavy atom. The summed E-state index contributed by atoms with van der Waals surface area (Å²) in [4.78, 5) is 3.81. The molecule has 0 aliphatic heterocycles. The molecule has 1 aliphatic rings. The van der Waals surface area contributed by atoms with Crippen LogP contribution >= 0.6 is 34.0 Å². The highest BCUT2D eigenvalue weighted by molar-refractivity contribution is 14.1. The van der Waals surface area contributed by atoms with Crippen molar-refractivity contribution >= 4 is 38.0 Å². The number of ether oxygens (including phenoxy) is 1. The molecule has 0 aromatic heterocycles. The standard InChI is InChI=1S/C10H17BFIO3S/c1-10(15-2)5-3-8(4-6-14)7-9(10)17-11(13)16-12/h4,9,14H,3,5-7H2,1-2H3/b8-4-/t9-,10?/m1/s1. The van der Waals surface area contributed by atoms with E-state index >= 15 is 0 Å². The molecule has 0 bridgehead atoms. The second-order valence-corrected chi connectivity index (χ2v) is 7.50. The van der Waals surface area contributed by atoms with Crippen LogP contribution in [0.1, 0.15) is 26.2 Å². The molecule has 1 saturated carbocycles. The third-order valence-corrected chi connectivity index (χ3v) is 5.61. The minimum atomic E-state index is -0.527. The minimum Gasteiger partial charge on any atom is -0.392 e. The molecule has 0 saturated heterocycles. The normalized spacial score (nSPS) is 31.8. The monoisotopic (exact) mass is 374 g/mol. The Morgan fingerprint density at radius 2 is 2.47 bits per heavy atom. The van der Waals surface area contributed by atoms with Crippen LogP contribution in [0.3, 0.4) is 0 Å². The first-order valence-electron chi connectivity index (χ1n) is 5.46. The molecule has 1 fully saturated rings. The molecule has 17 heavy (non-hydrogen) atoms. The molecule has 1 N–H and O–H groups in total. The Balaban J connectivity index is 2.73. The molecule has 1 aliphatic carbocycles. The van der Waals surface area contributed by atoms with Crippen LogP contribution in [-0.4, -0.2) is 33.7 Å².